The number of nitrogens with two attached hydrogens (primary N) is 1. The number of nitrogens with one attached hydrogen (secondary N) is 1. The third-order valence-electron chi connectivity index (χ3n) is 3.03. The first kappa shape index (κ1) is 16.3. The number of unbranched alkanes of at least 4 members (excludes halogenated alkanes) is 1. The first-order valence-electron chi connectivity index (χ1n) is 6.52. The molecule has 3 N–H and O–H groups in total. The second-order valence-corrected chi connectivity index (χ2v) is 4.55. The Morgan fingerprint density at radius 2 is 2.15 bits per heavy atom. The normalized spacial score (nSPS) is 12.4. The lowest BCUT2D eigenvalue weighted by Gasteiger charge is -2.20. The number of benzene rings is 1. The first-order chi connectivity index (χ1) is 9.49. The molecular weight excluding hydrogens is 268 g/mol. The monoisotopic (exact) mass is 287 g/mol. The molecule has 5 nitrogen and oxygen atoms in total. The van der Waals surface area contributed by atoms with Gasteiger partial charge in [0, 0.05) is 36.0 Å². The van der Waals surface area contributed by atoms with Gasteiger partial charge in [0.1, 0.15) is 0 Å². The number of rotatable bonds is 8. The van der Waals surface area contributed by atoms with Crippen LogP contribution in [0.4, 0.5) is 20.2 Å². The van der Waals surface area contributed by atoms with Crippen molar-refractivity contribution in [2.75, 3.05) is 11.9 Å². The maximum atomic E-state index is 13.0. The van der Waals surface area contributed by atoms with E-state index >= 15 is 0 Å². The van der Waals surface area contributed by atoms with Crippen LogP contribution in [0.2, 0.25) is 0 Å². The number of hydrogen-bond acceptors (Lipinski definition) is 4. The number of anilines is 1. The second-order valence-electron chi connectivity index (χ2n) is 4.55. The molecule has 0 aliphatic heterocycles. The molecule has 0 saturated heterocycles. The van der Waals surface area contributed by atoms with Gasteiger partial charge in [-0.1, -0.05) is 19.8 Å². The van der Waals surface area contributed by atoms with Crippen LogP contribution in [0.15, 0.2) is 18.2 Å². The van der Waals surface area contributed by atoms with Crippen molar-refractivity contribution in [2.45, 2.75) is 38.7 Å². The SMILES string of the molecule is CCCCC(CN)Nc1ccc([N+](=O)[O-])cc1C(F)F. The van der Waals surface area contributed by atoms with E-state index < -0.39 is 11.3 Å². The summed E-state index contributed by atoms with van der Waals surface area (Å²) >= 11 is 0. The molecular formula is C13H19F2N3O2. The van der Waals surface area contributed by atoms with E-state index in [1.807, 2.05) is 6.92 Å². The summed E-state index contributed by atoms with van der Waals surface area (Å²) in [6, 6.07) is 3.31. The molecule has 0 bridgehead atoms. The van der Waals surface area contributed by atoms with E-state index in [0.717, 1.165) is 25.3 Å². The van der Waals surface area contributed by atoms with Crippen molar-refractivity contribution in [1.29, 1.82) is 0 Å². The predicted octanol–water partition coefficient (Wildman–Crippen LogP) is 3.46. The molecule has 0 radical (unpaired) electrons. The van der Waals surface area contributed by atoms with Gasteiger partial charge >= 0.3 is 0 Å². The Hall–Kier alpha value is -1.76. The molecule has 0 heterocycles. The standard InChI is InChI=1S/C13H19F2N3O2/c1-2-3-4-9(8-16)17-12-6-5-10(18(19)20)7-11(12)13(14)15/h5-7,9,13,17H,2-4,8,16H2,1H3. The summed E-state index contributed by atoms with van der Waals surface area (Å²) in [5.74, 6) is 0. The van der Waals surface area contributed by atoms with Crippen LogP contribution < -0.4 is 11.1 Å². The predicted molar refractivity (Wildman–Crippen MR) is 74.0 cm³/mol. The number of nitro groups is 1. The van der Waals surface area contributed by atoms with Crippen LogP contribution in [0.5, 0.6) is 0 Å². The molecule has 112 valence electrons. The van der Waals surface area contributed by atoms with Crippen molar-refractivity contribution in [2.24, 2.45) is 5.73 Å². The minimum Gasteiger partial charge on any atom is -0.381 e. The zero-order valence-electron chi connectivity index (χ0n) is 11.3. The smallest absolute Gasteiger partial charge is 0.270 e. The van der Waals surface area contributed by atoms with Crippen LogP contribution in [0, 0.1) is 10.1 Å². The van der Waals surface area contributed by atoms with E-state index in [9.17, 15) is 18.9 Å². The van der Waals surface area contributed by atoms with Gasteiger partial charge in [-0.15, -0.1) is 0 Å². The van der Waals surface area contributed by atoms with Crippen LogP contribution >= 0.6 is 0 Å². The number of non-ortho nitro benzene ring substituents is 1. The summed E-state index contributed by atoms with van der Waals surface area (Å²) < 4.78 is 26.0. The van der Waals surface area contributed by atoms with Crippen LogP contribution in [0.1, 0.15) is 38.2 Å². The van der Waals surface area contributed by atoms with Gasteiger partial charge in [-0.25, -0.2) is 8.78 Å². The highest BCUT2D eigenvalue weighted by atomic mass is 19.3. The molecule has 1 aromatic rings. The van der Waals surface area contributed by atoms with Crippen LogP contribution in [0.25, 0.3) is 0 Å². The molecule has 0 aromatic heterocycles. The number of alkyl halides is 2. The Bertz CT molecular complexity index is 455. The van der Waals surface area contributed by atoms with E-state index in [0.29, 0.717) is 6.54 Å². The maximum Gasteiger partial charge on any atom is 0.270 e. The number of nitrogens with zero attached hydrogens (tertiary/aromatic N) is 1. The van der Waals surface area contributed by atoms with Gasteiger partial charge in [-0.05, 0) is 12.5 Å². The molecule has 0 aliphatic carbocycles. The van der Waals surface area contributed by atoms with Gasteiger partial charge in [0.2, 0.25) is 0 Å². The van der Waals surface area contributed by atoms with E-state index in [1.165, 1.54) is 12.1 Å². The number of nitro benzene ring substituents is 1. The molecule has 0 spiro atoms. The van der Waals surface area contributed by atoms with Gasteiger partial charge in [0.25, 0.3) is 12.1 Å². The molecule has 7 heteroatoms. The van der Waals surface area contributed by atoms with Crippen molar-refractivity contribution in [3.8, 4) is 0 Å². The van der Waals surface area contributed by atoms with E-state index in [2.05, 4.69) is 5.32 Å². The second kappa shape index (κ2) is 7.74. The molecule has 1 unspecified atom stereocenters. The van der Waals surface area contributed by atoms with E-state index in [-0.39, 0.29) is 23.0 Å². The molecule has 0 fully saturated rings. The summed E-state index contributed by atoms with van der Waals surface area (Å²) in [7, 11) is 0. The molecule has 0 amide bonds. The molecule has 20 heavy (non-hydrogen) atoms. The zero-order chi connectivity index (χ0) is 15.1. The average molecular weight is 287 g/mol. The van der Waals surface area contributed by atoms with Gasteiger partial charge in [0.05, 0.1) is 4.92 Å². The highest BCUT2D eigenvalue weighted by Crippen LogP contribution is 2.31. The topological polar surface area (TPSA) is 81.2 Å². The van der Waals surface area contributed by atoms with Crippen molar-refractivity contribution in [1.82, 2.24) is 0 Å². The fourth-order valence-electron chi connectivity index (χ4n) is 1.90. The molecule has 1 aromatic carbocycles. The fourth-order valence-corrected chi connectivity index (χ4v) is 1.90. The highest BCUT2D eigenvalue weighted by molar-refractivity contribution is 5.57. The molecule has 1 rings (SSSR count). The third-order valence-corrected chi connectivity index (χ3v) is 3.03. The van der Waals surface area contributed by atoms with Gasteiger partial charge in [-0.2, -0.15) is 0 Å². The van der Waals surface area contributed by atoms with E-state index in [1.54, 1.807) is 0 Å². The Morgan fingerprint density at radius 3 is 2.65 bits per heavy atom. The molecule has 0 saturated carbocycles. The minimum absolute atomic E-state index is 0.117. The zero-order valence-corrected chi connectivity index (χ0v) is 11.3. The lowest BCUT2D eigenvalue weighted by molar-refractivity contribution is -0.385. The maximum absolute atomic E-state index is 13.0. The van der Waals surface area contributed by atoms with Gasteiger partial charge in [-0.3, -0.25) is 10.1 Å². The summed E-state index contributed by atoms with van der Waals surface area (Å²) in [6.07, 6.45) is -0.0828. The van der Waals surface area contributed by atoms with Gasteiger partial charge < -0.3 is 11.1 Å². The van der Waals surface area contributed by atoms with Gasteiger partial charge in [0.15, 0.2) is 0 Å². The van der Waals surface area contributed by atoms with Crippen LogP contribution in [-0.4, -0.2) is 17.5 Å². The molecule has 1 atom stereocenters. The Labute approximate surface area is 116 Å². The molecule has 0 aliphatic rings. The third kappa shape index (κ3) is 4.41. The fraction of sp³-hybridized carbons (Fsp3) is 0.538. The number of hydrogen-bond donors (Lipinski definition) is 2. The van der Waals surface area contributed by atoms with Crippen molar-refractivity contribution in [3.63, 3.8) is 0 Å². The summed E-state index contributed by atoms with van der Waals surface area (Å²) in [5, 5.41) is 13.6. The Balaban J connectivity index is 2.95. The summed E-state index contributed by atoms with van der Waals surface area (Å²) in [5.41, 5.74) is 5.10. The highest BCUT2D eigenvalue weighted by Gasteiger charge is 2.19. The first-order valence-corrected chi connectivity index (χ1v) is 6.52. The largest absolute Gasteiger partial charge is 0.381 e. The quantitative estimate of drug-likeness (QED) is 0.566. The average Bonchev–Trinajstić information content (AvgIpc) is 2.43. The van der Waals surface area contributed by atoms with Crippen molar-refractivity contribution >= 4 is 11.4 Å². The van der Waals surface area contributed by atoms with Crippen molar-refractivity contribution < 1.29 is 13.7 Å². The van der Waals surface area contributed by atoms with Crippen molar-refractivity contribution in [3.05, 3.63) is 33.9 Å². The lowest BCUT2D eigenvalue weighted by Crippen LogP contribution is -2.29. The Morgan fingerprint density at radius 1 is 1.45 bits per heavy atom. The van der Waals surface area contributed by atoms with E-state index in [4.69, 9.17) is 5.73 Å². The van der Waals surface area contributed by atoms with Crippen LogP contribution in [0.3, 0.4) is 0 Å². The Kier molecular flexibility index (Phi) is 6.30. The summed E-state index contributed by atoms with van der Waals surface area (Å²) in [4.78, 5) is 9.94. The number of halogens is 2. The van der Waals surface area contributed by atoms with Crippen LogP contribution in [-0.2, 0) is 0 Å². The summed E-state index contributed by atoms with van der Waals surface area (Å²) in [6.45, 7) is 2.35. The lowest BCUT2D eigenvalue weighted by atomic mass is 10.1. The minimum atomic E-state index is -2.78.